The van der Waals surface area contributed by atoms with Gasteiger partial charge < -0.3 is 4.57 Å². The number of amides is 1. The number of carbonyl (C=O) groups is 1. The van der Waals surface area contributed by atoms with Gasteiger partial charge in [0.25, 0.3) is 0 Å². The molecule has 0 unspecified atom stereocenters. The molecule has 4 heteroatoms. The Balaban J connectivity index is 2.50. The van der Waals surface area contributed by atoms with E-state index in [2.05, 4.69) is 10.5 Å². The molecule has 0 aliphatic carbocycles. The van der Waals surface area contributed by atoms with E-state index in [1.807, 2.05) is 29.9 Å². The van der Waals surface area contributed by atoms with Crippen LogP contribution in [0.2, 0.25) is 0 Å². The molecule has 0 saturated heterocycles. The molecule has 70 valence electrons. The molecule has 0 aliphatic heterocycles. The molecule has 0 fully saturated rings. The van der Waals surface area contributed by atoms with E-state index >= 15 is 0 Å². The summed E-state index contributed by atoms with van der Waals surface area (Å²) in [5.41, 5.74) is 3.37. The fraction of sp³-hybridized carbons (Fsp3) is 0.333. The maximum atomic E-state index is 10.8. The average Bonchev–Trinajstić information content (AvgIpc) is 2.52. The van der Waals surface area contributed by atoms with Crippen LogP contribution in [-0.4, -0.2) is 16.7 Å². The molecule has 1 amide bonds. The number of carbonyl (C=O) groups excluding carboxylic acids is 1. The molecule has 0 aliphatic rings. The van der Waals surface area contributed by atoms with Gasteiger partial charge in [0, 0.05) is 19.7 Å². The first-order valence-corrected chi connectivity index (χ1v) is 4.17. The van der Waals surface area contributed by atoms with E-state index in [0.717, 1.165) is 5.69 Å². The maximum Gasteiger partial charge on any atom is 0.239 e. The summed E-state index contributed by atoms with van der Waals surface area (Å²) in [4.78, 5) is 10.8. The minimum Gasteiger partial charge on any atom is -0.350 e. The van der Waals surface area contributed by atoms with Crippen molar-refractivity contribution >= 4 is 12.1 Å². The third kappa shape index (κ3) is 2.74. The Bertz CT molecular complexity index is 314. The van der Waals surface area contributed by atoms with Gasteiger partial charge in [-0.15, -0.1) is 0 Å². The summed E-state index contributed by atoms with van der Waals surface area (Å²) in [5.74, 6) is -0.0783. The van der Waals surface area contributed by atoms with Crippen molar-refractivity contribution in [3.8, 4) is 0 Å². The fourth-order valence-corrected chi connectivity index (χ4v) is 0.858. The first kappa shape index (κ1) is 9.51. The van der Waals surface area contributed by atoms with Crippen molar-refractivity contribution in [1.29, 1.82) is 0 Å². The normalized spacial score (nSPS) is 10.6. The first-order chi connectivity index (χ1) is 6.24. The molecule has 0 aromatic carbocycles. The van der Waals surface area contributed by atoms with Crippen molar-refractivity contribution in [3.05, 3.63) is 24.0 Å². The van der Waals surface area contributed by atoms with Crippen molar-refractivity contribution in [2.24, 2.45) is 12.1 Å². The second kappa shape index (κ2) is 4.45. The first-order valence-electron chi connectivity index (χ1n) is 4.17. The summed E-state index contributed by atoms with van der Waals surface area (Å²) in [6.07, 6.45) is 3.99. The topological polar surface area (TPSA) is 46.4 Å². The van der Waals surface area contributed by atoms with Gasteiger partial charge in [0.2, 0.25) is 5.91 Å². The zero-order chi connectivity index (χ0) is 9.68. The van der Waals surface area contributed by atoms with Crippen molar-refractivity contribution in [1.82, 2.24) is 9.99 Å². The summed E-state index contributed by atoms with van der Waals surface area (Å²) in [7, 11) is 1.92. The van der Waals surface area contributed by atoms with Gasteiger partial charge >= 0.3 is 0 Å². The molecule has 1 heterocycles. The number of hydrogen-bond acceptors (Lipinski definition) is 2. The molecule has 1 N–H and O–H groups in total. The molecule has 1 aromatic rings. The molecule has 0 bridgehead atoms. The van der Waals surface area contributed by atoms with Crippen LogP contribution in [0.4, 0.5) is 0 Å². The van der Waals surface area contributed by atoms with Crippen LogP contribution in [0.5, 0.6) is 0 Å². The molecule has 4 nitrogen and oxygen atoms in total. The van der Waals surface area contributed by atoms with Crippen LogP contribution in [0.15, 0.2) is 23.4 Å². The van der Waals surface area contributed by atoms with Crippen LogP contribution >= 0.6 is 0 Å². The molecular formula is C9H13N3O. The van der Waals surface area contributed by atoms with E-state index in [1.165, 1.54) is 0 Å². The SMILES string of the molecule is CCC(=O)N/N=C\c1cccn1C. The molecular weight excluding hydrogens is 166 g/mol. The molecule has 1 aromatic heterocycles. The average molecular weight is 179 g/mol. The molecule has 0 atom stereocenters. The summed E-state index contributed by atoms with van der Waals surface area (Å²) in [5, 5.41) is 3.80. The number of rotatable bonds is 3. The summed E-state index contributed by atoms with van der Waals surface area (Å²) >= 11 is 0. The second-order valence-corrected chi connectivity index (χ2v) is 2.69. The molecule has 13 heavy (non-hydrogen) atoms. The summed E-state index contributed by atoms with van der Waals surface area (Å²) in [6, 6.07) is 3.84. The lowest BCUT2D eigenvalue weighted by atomic mass is 10.5. The lowest BCUT2D eigenvalue weighted by Gasteiger charge is -1.96. The number of hydrazone groups is 1. The lowest BCUT2D eigenvalue weighted by Crippen LogP contribution is -2.15. The van der Waals surface area contributed by atoms with Crippen LogP contribution in [0.3, 0.4) is 0 Å². The van der Waals surface area contributed by atoms with Gasteiger partial charge in [0.05, 0.1) is 11.9 Å². The highest BCUT2D eigenvalue weighted by atomic mass is 16.2. The van der Waals surface area contributed by atoms with E-state index in [4.69, 9.17) is 0 Å². The van der Waals surface area contributed by atoms with Crippen LogP contribution in [0.1, 0.15) is 19.0 Å². The smallest absolute Gasteiger partial charge is 0.239 e. The highest BCUT2D eigenvalue weighted by molar-refractivity contribution is 5.80. The number of nitrogens with zero attached hydrogens (tertiary/aromatic N) is 2. The summed E-state index contributed by atoms with van der Waals surface area (Å²) < 4.78 is 1.92. The van der Waals surface area contributed by atoms with Gasteiger partial charge in [-0.25, -0.2) is 5.43 Å². The van der Waals surface area contributed by atoms with Crippen LogP contribution in [0.25, 0.3) is 0 Å². The van der Waals surface area contributed by atoms with Gasteiger partial charge in [-0.3, -0.25) is 4.79 Å². The Kier molecular flexibility index (Phi) is 3.25. The standard InChI is InChI=1S/C9H13N3O/c1-3-9(13)11-10-7-8-5-4-6-12(8)2/h4-7H,3H2,1-2H3,(H,11,13)/b10-7-. The van der Waals surface area contributed by atoms with Gasteiger partial charge in [-0.1, -0.05) is 6.92 Å². The minimum absolute atomic E-state index is 0.0783. The second-order valence-electron chi connectivity index (χ2n) is 2.69. The Morgan fingerprint density at radius 1 is 1.77 bits per heavy atom. The molecule has 0 saturated carbocycles. The largest absolute Gasteiger partial charge is 0.350 e. The van der Waals surface area contributed by atoms with E-state index in [0.29, 0.717) is 6.42 Å². The Labute approximate surface area is 77.3 Å². The highest BCUT2D eigenvalue weighted by Gasteiger charge is 1.93. The zero-order valence-electron chi connectivity index (χ0n) is 7.82. The van der Waals surface area contributed by atoms with Gasteiger partial charge in [-0.05, 0) is 12.1 Å². The van der Waals surface area contributed by atoms with Crippen LogP contribution in [-0.2, 0) is 11.8 Å². The van der Waals surface area contributed by atoms with E-state index < -0.39 is 0 Å². The van der Waals surface area contributed by atoms with E-state index in [9.17, 15) is 4.79 Å². The van der Waals surface area contributed by atoms with Crippen LogP contribution < -0.4 is 5.43 Å². The third-order valence-corrected chi connectivity index (χ3v) is 1.69. The third-order valence-electron chi connectivity index (χ3n) is 1.69. The summed E-state index contributed by atoms with van der Waals surface area (Å²) in [6.45, 7) is 1.79. The lowest BCUT2D eigenvalue weighted by molar-refractivity contribution is -0.120. The van der Waals surface area contributed by atoms with Crippen molar-refractivity contribution in [3.63, 3.8) is 0 Å². The van der Waals surface area contributed by atoms with E-state index in [-0.39, 0.29) is 5.91 Å². The molecule has 1 rings (SSSR count). The predicted molar refractivity (Wildman–Crippen MR) is 51.4 cm³/mol. The Hall–Kier alpha value is -1.58. The number of aryl methyl sites for hydroxylation is 1. The van der Waals surface area contributed by atoms with Crippen molar-refractivity contribution in [2.45, 2.75) is 13.3 Å². The molecule has 0 spiro atoms. The number of aromatic nitrogens is 1. The van der Waals surface area contributed by atoms with Crippen molar-refractivity contribution < 1.29 is 4.79 Å². The zero-order valence-corrected chi connectivity index (χ0v) is 7.82. The minimum atomic E-state index is -0.0783. The maximum absolute atomic E-state index is 10.8. The molecule has 0 radical (unpaired) electrons. The quantitative estimate of drug-likeness (QED) is 0.543. The van der Waals surface area contributed by atoms with Gasteiger partial charge in [0.15, 0.2) is 0 Å². The monoisotopic (exact) mass is 179 g/mol. The number of hydrogen-bond donors (Lipinski definition) is 1. The van der Waals surface area contributed by atoms with Gasteiger partial charge in [0.1, 0.15) is 0 Å². The number of nitrogens with one attached hydrogen (secondary N) is 1. The van der Waals surface area contributed by atoms with Crippen molar-refractivity contribution in [2.75, 3.05) is 0 Å². The predicted octanol–water partition coefficient (Wildman–Crippen LogP) is 0.885. The van der Waals surface area contributed by atoms with Crippen LogP contribution in [0, 0.1) is 0 Å². The fourth-order valence-electron chi connectivity index (χ4n) is 0.858. The Morgan fingerprint density at radius 2 is 2.54 bits per heavy atom. The highest BCUT2D eigenvalue weighted by Crippen LogP contribution is 1.94. The van der Waals surface area contributed by atoms with Gasteiger partial charge in [-0.2, -0.15) is 5.10 Å². The van der Waals surface area contributed by atoms with E-state index in [1.54, 1.807) is 13.1 Å². The Morgan fingerprint density at radius 3 is 3.08 bits per heavy atom.